The lowest BCUT2D eigenvalue weighted by atomic mass is 10.1. The summed E-state index contributed by atoms with van der Waals surface area (Å²) in [5.74, 6) is -0.898. The van der Waals surface area contributed by atoms with Crippen molar-refractivity contribution in [3.05, 3.63) is 70.8 Å². The predicted molar refractivity (Wildman–Crippen MR) is 105 cm³/mol. The number of rotatable bonds is 8. The lowest BCUT2D eigenvalue weighted by Crippen LogP contribution is -2.34. The molecule has 0 bridgehead atoms. The van der Waals surface area contributed by atoms with Crippen LogP contribution in [0.5, 0.6) is 0 Å². The second-order valence-corrected chi connectivity index (χ2v) is 6.96. The molecular formula is C22H24N2O4. The Bertz CT molecular complexity index is 857. The van der Waals surface area contributed by atoms with Crippen LogP contribution in [0.1, 0.15) is 52.1 Å². The van der Waals surface area contributed by atoms with Gasteiger partial charge in [0.25, 0.3) is 11.8 Å². The van der Waals surface area contributed by atoms with Crippen molar-refractivity contribution in [2.75, 3.05) is 6.54 Å². The number of nitrogens with zero attached hydrogens (tertiary/aromatic N) is 1. The van der Waals surface area contributed by atoms with Crippen molar-refractivity contribution in [3.63, 3.8) is 0 Å². The summed E-state index contributed by atoms with van der Waals surface area (Å²) >= 11 is 0. The quantitative estimate of drug-likeness (QED) is 0.715. The number of benzene rings is 2. The van der Waals surface area contributed by atoms with Gasteiger partial charge in [-0.25, -0.2) is 0 Å². The van der Waals surface area contributed by atoms with Crippen LogP contribution in [0, 0.1) is 0 Å². The summed E-state index contributed by atoms with van der Waals surface area (Å²) in [6.45, 7) is 4.88. The number of fused-ring (bicyclic) bond motifs is 1. The molecule has 146 valence electrons. The summed E-state index contributed by atoms with van der Waals surface area (Å²) in [6, 6.07) is 14.5. The van der Waals surface area contributed by atoms with Crippen molar-refractivity contribution in [1.82, 2.24) is 10.2 Å². The average Bonchev–Trinajstić information content (AvgIpc) is 2.94. The fourth-order valence-corrected chi connectivity index (χ4v) is 3.06. The van der Waals surface area contributed by atoms with Crippen LogP contribution >= 0.6 is 0 Å². The van der Waals surface area contributed by atoms with Crippen molar-refractivity contribution in [2.45, 2.75) is 39.5 Å². The summed E-state index contributed by atoms with van der Waals surface area (Å²) in [5.41, 5.74) is 2.80. The number of nitrogens with one attached hydrogen (secondary N) is 1. The van der Waals surface area contributed by atoms with Crippen LogP contribution < -0.4 is 5.32 Å². The van der Waals surface area contributed by atoms with Gasteiger partial charge >= 0.3 is 0 Å². The molecule has 0 aromatic heterocycles. The highest BCUT2D eigenvalue weighted by molar-refractivity contribution is 6.21. The SMILES string of the molecule is CC(C)OCc1ccccc1CNC(=O)CCN1C(=O)c2ccccc2C1=O. The number of ether oxygens (including phenoxy) is 1. The highest BCUT2D eigenvalue weighted by Crippen LogP contribution is 2.22. The number of hydrogen-bond acceptors (Lipinski definition) is 4. The molecule has 0 fully saturated rings. The van der Waals surface area contributed by atoms with E-state index in [-0.39, 0.29) is 36.8 Å². The van der Waals surface area contributed by atoms with Crippen LogP contribution in [0.4, 0.5) is 0 Å². The Hall–Kier alpha value is -2.99. The second-order valence-electron chi connectivity index (χ2n) is 6.96. The first kappa shape index (κ1) is 19.8. The Morgan fingerprint density at radius 2 is 1.54 bits per heavy atom. The number of hydrogen-bond donors (Lipinski definition) is 1. The van der Waals surface area contributed by atoms with E-state index < -0.39 is 0 Å². The molecule has 6 nitrogen and oxygen atoms in total. The molecule has 0 atom stereocenters. The van der Waals surface area contributed by atoms with E-state index in [9.17, 15) is 14.4 Å². The third-order valence-electron chi connectivity index (χ3n) is 4.61. The van der Waals surface area contributed by atoms with Gasteiger partial charge in [-0.2, -0.15) is 0 Å². The molecule has 2 aromatic rings. The number of imide groups is 1. The zero-order valence-corrected chi connectivity index (χ0v) is 16.1. The van der Waals surface area contributed by atoms with Crippen LogP contribution in [0.15, 0.2) is 48.5 Å². The summed E-state index contributed by atoms with van der Waals surface area (Å²) in [7, 11) is 0. The van der Waals surface area contributed by atoms with Crippen LogP contribution in [0.25, 0.3) is 0 Å². The molecule has 28 heavy (non-hydrogen) atoms. The fourth-order valence-electron chi connectivity index (χ4n) is 3.06. The molecule has 0 saturated heterocycles. The maximum Gasteiger partial charge on any atom is 0.261 e. The van der Waals surface area contributed by atoms with Gasteiger partial charge in [0.15, 0.2) is 0 Å². The minimum absolute atomic E-state index is 0.0656. The Balaban J connectivity index is 1.52. The number of carbonyl (C=O) groups excluding carboxylic acids is 3. The third kappa shape index (κ3) is 4.46. The zero-order chi connectivity index (χ0) is 20.1. The molecule has 3 rings (SSSR count). The number of amides is 3. The average molecular weight is 380 g/mol. The molecule has 1 N–H and O–H groups in total. The van der Waals surface area contributed by atoms with Gasteiger partial charge in [0, 0.05) is 19.5 Å². The summed E-state index contributed by atoms with van der Waals surface area (Å²) in [4.78, 5) is 38.0. The standard InChI is InChI=1S/C22H24N2O4/c1-15(2)28-14-17-8-4-3-7-16(17)13-23-20(25)11-12-24-21(26)18-9-5-6-10-19(18)22(24)27/h3-10,15H,11-14H2,1-2H3,(H,23,25). The molecule has 0 spiro atoms. The topological polar surface area (TPSA) is 75.7 Å². The molecule has 0 radical (unpaired) electrons. The maximum atomic E-state index is 12.3. The monoisotopic (exact) mass is 380 g/mol. The lowest BCUT2D eigenvalue weighted by Gasteiger charge is -2.15. The van der Waals surface area contributed by atoms with E-state index in [1.165, 1.54) is 0 Å². The Labute approximate surface area is 164 Å². The minimum atomic E-state index is -0.343. The van der Waals surface area contributed by atoms with Crippen molar-refractivity contribution in [2.24, 2.45) is 0 Å². The maximum absolute atomic E-state index is 12.3. The van der Waals surface area contributed by atoms with E-state index in [4.69, 9.17) is 4.74 Å². The molecule has 3 amide bonds. The lowest BCUT2D eigenvalue weighted by molar-refractivity contribution is -0.121. The first-order valence-electron chi connectivity index (χ1n) is 9.37. The normalized spacial score (nSPS) is 13.2. The van der Waals surface area contributed by atoms with E-state index in [0.717, 1.165) is 16.0 Å². The van der Waals surface area contributed by atoms with Crippen molar-refractivity contribution in [3.8, 4) is 0 Å². The molecule has 2 aromatic carbocycles. The Morgan fingerprint density at radius 1 is 0.964 bits per heavy atom. The Morgan fingerprint density at radius 3 is 2.14 bits per heavy atom. The van der Waals surface area contributed by atoms with Crippen LogP contribution in [0.3, 0.4) is 0 Å². The van der Waals surface area contributed by atoms with Gasteiger partial charge in [0.05, 0.1) is 23.8 Å². The Kier molecular flexibility index (Phi) is 6.21. The van der Waals surface area contributed by atoms with Gasteiger partial charge in [-0.1, -0.05) is 36.4 Å². The van der Waals surface area contributed by atoms with Gasteiger partial charge in [0.2, 0.25) is 5.91 Å². The molecule has 0 saturated carbocycles. The first-order chi connectivity index (χ1) is 13.5. The highest BCUT2D eigenvalue weighted by atomic mass is 16.5. The van der Waals surface area contributed by atoms with Gasteiger partial charge in [-0.15, -0.1) is 0 Å². The smallest absolute Gasteiger partial charge is 0.261 e. The van der Waals surface area contributed by atoms with Crippen molar-refractivity contribution < 1.29 is 19.1 Å². The van der Waals surface area contributed by atoms with Gasteiger partial charge < -0.3 is 10.1 Å². The zero-order valence-electron chi connectivity index (χ0n) is 16.1. The molecule has 1 aliphatic heterocycles. The number of carbonyl (C=O) groups is 3. The minimum Gasteiger partial charge on any atom is -0.374 e. The van der Waals surface area contributed by atoms with E-state index in [1.807, 2.05) is 38.1 Å². The summed E-state index contributed by atoms with van der Waals surface area (Å²) in [6.07, 6.45) is 0.193. The molecule has 1 aliphatic rings. The predicted octanol–water partition coefficient (Wildman–Crippen LogP) is 2.91. The molecule has 6 heteroatoms. The summed E-state index contributed by atoms with van der Waals surface area (Å²) < 4.78 is 5.65. The first-order valence-corrected chi connectivity index (χ1v) is 9.37. The van der Waals surface area contributed by atoms with Crippen LogP contribution in [0.2, 0.25) is 0 Å². The van der Waals surface area contributed by atoms with Crippen molar-refractivity contribution >= 4 is 17.7 Å². The third-order valence-corrected chi connectivity index (χ3v) is 4.61. The van der Waals surface area contributed by atoms with Crippen LogP contribution in [-0.2, 0) is 22.7 Å². The highest BCUT2D eigenvalue weighted by Gasteiger charge is 2.34. The fraction of sp³-hybridized carbons (Fsp3) is 0.318. The largest absolute Gasteiger partial charge is 0.374 e. The summed E-state index contributed by atoms with van der Waals surface area (Å²) in [5, 5.41) is 2.86. The van der Waals surface area contributed by atoms with E-state index in [1.54, 1.807) is 24.3 Å². The van der Waals surface area contributed by atoms with Gasteiger partial charge in [-0.05, 0) is 37.1 Å². The van der Waals surface area contributed by atoms with Crippen molar-refractivity contribution in [1.29, 1.82) is 0 Å². The molecule has 0 unspecified atom stereocenters. The molecule has 0 aliphatic carbocycles. The van der Waals surface area contributed by atoms with E-state index >= 15 is 0 Å². The van der Waals surface area contributed by atoms with Crippen LogP contribution in [-0.4, -0.2) is 35.3 Å². The van der Waals surface area contributed by atoms with Gasteiger partial charge in [0.1, 0.15) is 0 Å². The van der Waals surface area contributed by atoms with Gasteiger partial charge in [-0.3, -0.25) is 19.3 Å². The second kappa shape index (κ2) is 8.80. The van der Waals surface area contributed by atoms with E-state index in [0.29, 0.717) is 24.3 Å². The van der Waals surface area contributed by atoms with E-state index in [2.05, 4.69) is 5.32 Å². The molecular weight excluding hydrogens is 356 g/mol. The molecule has 1 heterocycles.